The van der Waals surface area contributed by atoms with Crippen LogP contribution in [0.1, 0.15) is 21.5 Å². The van der Waals surface area contributed by atoms with E-state index in [1.807, 2.05) is 26.0 Å². The van der Waals surface area contributed by atoms with Crippen LogP contribution >= 0.6 is 12.2 Å². The van der Waals surface area contributed by atoms with Crippen molar-refractivity contribution in [1.82, 2.24) is 10.3 Å². The molecule has 0 unspecified atom stereocenters. The topological polar surface area (TPSA) is 131 Å². The van der Waals surface area contributed by atoms with E-state index in [4.69, 9.17) is 16.6 Å². The molecule has 10 heteroatoms. The number of phenols is 1. The highest BCUT2D eigenvalue weighted by Gasteiger charge is 2.16. The lowest BCUT2D eigenvalue weighted by atomic mass is 10.1. The molecule has 3 aromatic carbocycles. The van der Waals surface area contributed by atoms with Crippen molar-refractivity contribution in [1.29, 1.82) is 0 Å². The Morgan fingerprint density at radius 1 is 1.15 bits per heavy atom. The number of nitrogens with zero attached hydrogens (tertiary/aromatic N) is 2. The molecule has 0 atom stereocenters. The van der Waals surface area contributed by atoms with E-state index in [0.717, 1.165) is 17.2 Å². The summed E-state index contributed by atoms with van der Waals surface area (Å²) in [6.45, 7) is 3.89. The van der Waals surface area contributed by atoms with Crippen molar-refractivity contribution >= 4 is 45.7 Å². The van der Waals surface area contributed by atoms with Crippen LogP contribution < -0.4 is 10.6 Å². The fourth-order valence-electron chi connectivity index (χ4n) is 3.38. The maximum absolute atomic E-state index is 12.4. The van der Waals surface area contributed by atoms with Gasteiger partial charge in [0.15, 0.2) is 10.7 Å². The van der Waals surface area contributed by atoms with Gasteiger partial charge in [-0.2, -0.15) is 0 Å². The molecule has 0 bridgehead atoms. The number of amides is 1. The first-order valence-corrected chi connectivity index (χ1v) is 10.2. The lowest BCUT2D eigenvalue weighted by molar-refractivity contribution is -0.384. The molecule has 33 heavy (non-hydrogen) atoms. The predicted molar refractivity (Wildman–Crippen MR) is 127 cm³/mol. The summed E-state index contributed by atoms with van der Waals surface area (Å²) >= 11 is 5.19. The minimum absolute atomic E-state index is 0.0211. The molecule has 1 heterocycles. The number of phenolic OH excluding ortho intramolecular Hbond substituents is 1. The number of fused-ring (bicyclic) bond motifs is 1. The summed E-state index contributed by atoms with van der Waals surface area (Å²) in [5.74, 6) is -0.389. The number of carbonyl (C=O) groups is 1. The van der Waals surface area contributed by atoms with E-state index in [9.17, 15) is 20.0 Å². The number of carbonyl (C=O) groups excluding carboxylic acids is 1. The number of nitrogens with one attached hydrogen (secondary N) is 2. The number of nitro groups is 1. The Morgan fingerprint density at radius 2 is 1.94 bits per heavy atom. The zero-order valence-electron chi connectivity index (χ0n) is 17.6. The maximum atomic E-state index is 12.4. The van der Waals surface area contributed by atoms with E-state index < -0.39 is 10.8 Å². The average molecular weight is 462 g/mol. The SMILES string of the molecule is Cc1cc(C)c2oc(-c3cc(NC(=S)NC(=O)c4cccc([N+](=O)[O-])c4)ccc3O)nc2c1. The van der Waals surface area contributed by atoms with E-state index in [0.29, 0.717) is 22.4 Å². The molecule has 0 saturated heterocycles. The maximum Gasteiger partial charge on any atom is 0.270 e. The highest BCUT2D eigenvalue weighted by Crippen LogP contribution is 2.34. The van der Waals surface area contributed by atoms with Gasteiger partial charge < -0.3 is 14.8 Å². The molecule has 0 fully saturated rings. The molecule has 4 aromatic rings. The Morgan fingerprint density at radius 3 is 2.70 bits per heavy atom. The van der Waals surface area contributed by atoms with Crippen molar-refractivity contribution in [3.8, 4) is 17.2 Å². The summed E-state index contributed by atoms with van der Waals surface area (Å²) < 4.78 is 5.88. The highest BCUT2D eigenvalue weighted by atomic mass is 32.1. The molecule has 0 spiro atoms. The number of aryl methyl sites for hydroxylation is 2. The van der Waals surface area contributed by atoms with Crippen molar-refractivity contribution in [2.45, 2.75) is 13.8 Å². The molecule has 1 amide bonds. The first-order chi connectivity index (χ1) is 15.7. The Bertz CT molecular complexity index is 1430. The van der Waals surface area contributed by atoms with Crippen LogP contribution in [-0.4, -0.2) is 26.0 Å². The first-order valence-electron chi connectivity index (χ1n) is 9.79. The zero-order valence-corrected chi connectivity index (χ0v) is 18.4. The van der Waals surface area contributed by atoms with Crippen LogP contribution in [0.2, 0.25) is 0 Å². The van der Waals surface area contributed by atoms with Crippen LogP contribution in [0.4, 0.5) is 11.4 Å². The summed E-state index contributed by atoms with van der Waals surface area (Å²) in [7, 11) is 0. The van der Waals surface area contributed by atoms with Crippen molar-refractivity contribution in [2.24, 2.45) is 0 Å². The van der Waals surface area contributed by atoms with Gasteiger partial charge in [0.25, 0.3) is 11.6 Å². The van der Waals surface area contributed by atoms with Crippen LogP contribution in [0.25, 0.3) is 22.6 Å². The van der Waals surface area contributed by atoms with Gasteiger partial charge in [0, 0.05) is 23.4 Å². The summed E-state index contributed by atoms with van der Waals surface area (Å²) in [5, 5.41) is 26.6. The third-order valence-corrected chi connectivity index (χ3v) is 5.06. The lowest BCUT2D eigenvalue weighted by Crippen LogP contribution is -2.34. The van der Waals surface area contributed by atoms with Crippen LogP contribution in [0, 0.1) is 24.0 Å². The summed E-state index contributed by atoms with van der Waals surface area (Å²) in [6.07, 6.45) is 0. The number of anilines is 1. The van der Waals surface area contributed by atoms with Crippen LogP contribution in [0.5, 0.6) is 5.75 Å². The van der Waals surface area contributed by atoms with E-state index in [1.165, 1.54) is 24.3 Å². The Labute approximate surface area is 193 Å². The molecule has 1 aromatic heterocycles. The molecular weight excluding hydrogens is 444 g/mol. The van der Waals surface area contributed by atoms with Crippen molar-refractivity contribution in [3.05, 3.63) is 81.4 Å². The molecule has 166 valence electrons. The Balaban J connectivity index is 1.54. The smallest absolute Gasteiger partial charge is 0.270 e. The fourth-order valence-corrected chi connectivity index (χ4v) is 3.59. The second kappa shape index (κ2) is 8.67. The van der Waals surface area contributed by atoms with Gasteiger partial charge in [-0.05, 0) is 67.5 Å². The molecule has 0 aliphatic carbocycles. The predicted octanol–water partition coefficient (Wildman–Crippen LogP) is 4.85. The van der Waals surface area contributed by atoms with Gasteiger partial charge >= 0.3 is 0 Å². The Kier molecular flexibility index (Phi) is 5.76. The summed E-state index contributed by atoms with van der Waals surface area (Å²) in [5.41, 5.74) is 4.01. The molecular formula is C23H18N4O5S. The van der Waals surface area contributed by atoms with Crippen LogP contribution in [-0.2, 0) is 0 Å². The summed E-state index contributed by atoms with van der Waals surface area (Å²) in [4.78, 5) is 27.2. The Hall–Kier alpha value is -4.31. The number of oxazole rings is 1. The normalized spacial score (nSPS) is 10.7. The minimum Gasteiger partial charge on any atom is -0.507 e. The number of benzene rings is 3. The highest BCUT2D eigenvalue weighted by molar-refractivity contribution is 7.80. The third-order valence-electron chi connectivity index (χ3n) is 4.85. The first kappa shape index (κ1) is 21.9. The van der Waals surface area contributed by atoms with Crippen molar-refractivity contribution < 1.29 is 19.2 Å². The largest absolute Gasteiger partial charge is 0.507 e. The van der Waals surface area contributed by atoms with Gasteiger partial charge in [0.2, 0.25) is 5.89 Å². The van der Waals surface area contributed by atoms with E-state index >= 15 is 0 Å². The number of hydrogen-bond donors (Lipinski definition) is 3. The van der Waals surface area contributed by atoms with Gasteiger partial charge in [0.05, 0.1) is 10.5 Å². The number of non-ortho nitro benzene ring substituents is 1. The molecule has 3 N–H and O–H groups in total. The zero-order chi connectivity index (χ0) is 23.7. The quantitative estimate of drug-likeness (QED) is 0.170. The van der Waals surface area contributed by atoms with E-state index in [-0.39, 0.29) is 28.0 Å². The van der Waals surface area contributed by atoms with Crippen molar-refractivity contribution in [2.75, 3.05) is 5.32 Å². The molecule has 0 saturated carbocycles. The number of aromatic hydroxyl groups is 1. The number of thiocarbonyl (C=S) groups is 1. The monoisotopic (exact) mass is 462 g/mol. The van der Waals surface area contributed by atoms with Gasteiger partial charge in [-0.3, -0.25) is 20.2 Å². The van der Waals surface area contributed by atoms with Crippen LogP contribution in [0.3, 0.4) is 0 Å². The fraction of sp³-hybridized carbons (Fsp3) is 0.0870. The van der Waals surface area contributed by atoms with Crippen molar-refractivity contribution in [3.63, 3.8) is 0 Å². The van der Waals surface area contributed by atoms with E-state index in [1.54, 1.807) is 12.1 Å². The standard InChI is InChI=1S/C23H18N4O5S/c1-12-8-13(2)20-18(9-12)25-22(32-20)17-11-15(6-7-19(17)28)24-23(33)26-21(29)14-4-3-5-16(10-14)27(30)31/h3-11,28H,1-2H3,(H2,24,26,29,33). The molecule has 9 nitrogen and oxygen atoms in total. The average Bonchev–Trinajstić information content (AvgIpc) is 3.19. The number of hydrogen-bond acceptors (Lipinski definition) is 7. The van der Waals surface area contributed by atoms with Gasteiger partial charge in [0.1, 0.15) is 11.3 Å². The molecule has 0 radical (unpaired) electrons. The lowest BCUT2D eigenvalue weighted by Gasteiger charge is -2.11. The second-order valence-corrected chi connectivity index (χ2v) is 7.80. The van der Waals surface area contributed by atoms with Crippen LogP contribution in [0.15, 0.2) is 59.0 Å². The van der Waals surface area contributed by atoms with Gasteiger partial charge in [-0.25, -0.2) is 4.98 Å². The summed E-state index contributed by atoms with van der Waals surface area (Å²) in [6, 6.07) is 13.8. The molecule has 0 aliphatic rings. The number of rotatable bonds is 4. The molecule has 4 rings (SSSR count). The third kappa shape index (κ3) is 4.65. The van der Waals surface area contributed by atoms with E-state index in [2.05, 4.69) is 15.6 Å². The van der Waals surface area contributed by atoms with Gasteiger partial charge in [-0.1, -0.05) is 12.1 Å². The second-order valence-electron chi connectivity index (χ2n) is 7.40. The number of aromatic nitrogens is 1. The van der Waals surface area contributed by atoms with Gasteiger partial charge in [-0.15, -0.1) is 0 Å². The minimum atomic E-state index is -0.597. The number of nitro benzene ring substituents is 1. The molecule has 0 aliphatic heterocycles.